The van der Waals surface area contributed by atoms with Crippen molar-refractivity contribution in [2.75, 3.05) is 0 Å². The van der Waals surface area contributed by atoms with Gasteiger partial charge in [0.1, 0.15) is 0 Å². The zero-order valence-corrected chi connectivity index (χ0v) is 5.97. The summed E-state index contributed by atoms with van der Waals surface area (Å²) in [4.78, 5) is 0. The van der Waals surface area contributed by atoms with Crippen molar-refractivity contribution in [3.8, 4) is 0 Å². The second-order valence-electron chi connectivity index (χ2n) is 3.30. The van der Waals surface area contributed by atoms with Crippen molar-refractivity contribution >= 4 is 0 Å². The highest BCUT2D eigenvalue weighted by atomic mass is 16.6. The third kappa shape index (κ3) is 0.983. The zero-order chi connectivity index (χ0) is 6.27. The van der Waals surface area contributed by atoms with E-state index in [4.69, 9.17) is 4.74 Å². The van der Waals surface area contributed by atoms with Gasteiger partial charge in [-0.25, -0.2) is 0 Å². The summed E-state index contributed by atoms with van der Waals surface area (Å²) in [5, 5.41) is 0. The van der Waals surface area contributed by atoms with E-state index in [1.54, 1.807) is 0 Å². The molecule has 0 radical (unpaired) electrons. The summed E-state index contributed by atoms with van der Waals surface area (Å²) in [6.45, 7) is 2.29. The molecule has 0 N–H and O–H groups in total. The van der Waals surface area contributed by atoms with Gasteiger partial charge < -0.3 is 4.74 Å². The summed E-state index contributed by atoms with van der Waals surface area (Å²) in [6, 6.07) is 0. The first-order chi connectivity index (χ1) is 4.40. The van der Waals surface area contributed by atoms with Crippen LogP contribution in [0, 0.1) is 5.92 Å². The van der Waals surface area contributed by atoms with Crippen LogP contribution in [-0.4, -0.2) is 12.2 Å². The van der Waals surface area contributed by atoms with Gasteiger partial charge in [0.05, 0.1) is 12.2 Å². The molecule has 0 aromatic carbocycles. The van der Waals surface area contributed by atoms with Crippen LogP contribution in [0.3, 0.4) is 0 Å². The Morgan fingerprint density at radius 2 is 2.22 bits per heavy atom. The molecular weight excluding hydrogens is 112 g/mol. The SMILES string of the molecule is CCC1CCC2O[C@H]2C1. The van der Waals surface area contributed by atoms with Crippen LogP contribution in [-0.2, 0) is 4.74 Å². The lowest BCUT2D eigenvalue weighted by atomic mass is 9.88. The van der Waals surface area contributed by atoms with Gasteiger partial charge in [-0.05, 0) is 25.2 Å². The molecule has 0 aromatic heterocycles. The smallest absolute Gasteiger partial charge is 0.0844 e. The van der Waals surface area contributed by atoms with Crippen LogP contribution in [0.4, 0.5) is 0 Å². The maximum atomic E-state index is 5.41. The Labute approximate surface area is 56.4 Å². The lowest BCUT2D eigenvalue weighted by molar-refractivity contribution is 0.357. The lowest BCUT2D eigenvalue weighted by Gasteiger charge is -2.15. The number of epoxide rings is 1. The fraction of sp³-hybridized carbons (Fsp3) is 1.00. The summed E-state index contributed by atoms with van der Waals surface area (Å²) in [5.41, 5.74) is 0. The van der Waals surface area contributed by atoms with Gasteiger partial charge in [-0.2, -0.15) is 0 Å². The van der Waals surface area contributed by atoms with Gasteiger partial charge in [0.25, 0.3) is 0 Å². The number of fused-ring (bicyclic) bond motifs is 1. The summed E-state index contributed by atoms with van der Waals surface area (Å²) in [5.74, 6) is 0.980. The Morgan fingerprint density at radius 3 is 2.89 bits per heavy atom. The van der Waals surface area contributed by atoms with Crippen molar-refractivity contribution in [2.24, 2.45) is 5.92 Å². The molecule has 1 heteroatoms. The Bertz CT molecular complexity index is 111. The van der Waals surface area contributed by atoms with Crippen molar-refractivity contribution < 1.29 is 4.74 Å². The third-order valence-electron chi connectivity index (χ3n) is 2.69. The predicted molar refractivity (Wildman–Crippen MR) is 36.3 cm³/mol. The molecule has 52 valence electrons. The van der Waals surface area contributed by atoms with Crippen LogP contribution in [0.1, 0.15) is 32.6 Å². The molecule has 1 aliphatic heterocycles. The van der Waals surface area contributed by atoms with Crippen molar-refractivity contribution in [1.29, 1.82) is 0 Å². The van der Waals surface area contributed by atoms with Crippen molar-refractivity contribution in [3.63, 3.8) is 0 Å². The molecule has 1 saturated carbocycles. The molecule has 2 unspecified atom stereocenters. The predicted octanol–water partition coefficient (Wildman–Crippen LogP) is 1.96. The largest absolute Gasteiger partial charge is 0.370 e. The molecule has 1 heterocycles. The van der Waals surface area contributed by atoms with Gasteiger partial charge in [-0.15, -0.1) is 0 Å². The monoisotopic (exact) mass is 126 g/mol. The van der Waals surface area contributed by atoms with Gasteiger partial charge in [-0.3, -0.25) is 0 Å². The first-order valence-corrected chi connectivity index (χ1v) is 4.05. The summed E-state index contributed by atoms with van der Waals surface area (Å²) < 4.78 is 5.41. The van der Waals surface area contributed by atoms with Crippen LogP contribution >= 0.6 is 0 Å². The highest BCUT2D eigenvalue weighted by Crippen LogP contribution is 2.40. The maximum Gasteiger partial charge on any atom is 0.0844 e. The van der Waals surface area contributed by atoms with E-state index >= 15 is 0 Å². The molecule has 0 bridgehead atoms. The molecule has 1 saturated heterocycles. The average molecular weight is 126 g/mol. The number of hydrogen-bond donors (Lipinski definition) is 0. The first-order valence-electron chi connectivity index (χ1n) is 4.05. The number of hydrogen-bond acceptors (Lipinski definition) is 1. The van der Waals surface area contributed by atoms with Gasteiger partial charge in [0.2, 0.25) is 0 Å². The van der Waals surface area contributed by atoms with Crippen LogP contribution in [0.25, 0.3) is 0 Å². The van der Waals surface area contributed by atoms with E-state index in [-0.39, 0.29) is 0 Å². The zero-order valence-electron chi connectivity index (χ0n) is 5.97. The van der Waals surface area contributed by atoms with Crippen molar-refractivity contribution in [3.05, 3.63) is 0 Å². The van der Waals surface area contributed by atoms with Crippen molar-refractivity contribution in [1.82, 2.24) is 0 Å². The molecule has 1 nitrogen and oxygen atoms in total. The van der Waals surface area contributed by atoms with E-state index in [9.17, 15) is 0 Å². The molecule has 2 rings (SSSR count). The Hall–Kier alpha value is -0.0400. The Kier molecular flexibility index (Phi) is 1.26. The minimum atomic E-state index is 0.684. The Balaban J connectivity index is 1.86. The fourth-order valence-electron chi connectivity index (χ4n) is 1.86. The highest BCUT2D eigenvalue weighted by molar-refractivity contribution is 4.91. The first kappa shape index (κ1) is 5.72. The minimum absolute atomic E-state index is 0.684. The quantitative estimate of drug-likeness (QED) is 0.489. The van der Waals surface area contributed by atoms with Crippen LogP contribution in [0.15, 0.2) is 0 Å². The van der Waals surface area contributed by atoms with Crippen LogP contribution in [0.5, 0.6) is 0 Å². The molecule has 0 aromatic rings. The standard InChI is InChI=1S/C8H14O/c1-2-6-3-4-7-8(5-6)9-7/h6-8H,2-5H2,1H3/t6?,7?,8-/m0/s1. The molecule has 9 heavy (non-hydrogen) atoms. The summed E-state index contributed by atoms with van der Waals surface area (Å²) >= 11 is 0. The van der Waals surface area contributed by atoms with E-state index < -0.39 is 0 Å². The maximum absolute atomic E-state index is 5.41. The molecular formula is C8H14O. The molecule has 0 spiro atoms. The number of ether oxygens (including phenoxy) is 1. The van der Waals surface area contributed by atoms with Crippen molar-refractivity contribution in [2.45, 2.75) is 44.8 Å². The third-order valence-corrected chi connectivity index (χ3v) is 2.69. The van der Waals surface area contributed by atoms with Gasteiger partial charge in [0.15, 0.2) is 0 Å². The van der Waals surface area contributed by atoms with E-state index in [0.29, 0.717) is 12.2 Å². The Morgan fingerprint density at radius 1 is 1.33 bits per heavy atom. The molecule has 0 amide bonds. The number of rotatable bonds is 1. The molecule has 3 atom stereocenters. The molecule has 2 aliphatic rings. The lowest BCUT2D eigenvalue weighted by Crippen LogP contribution is -2.11. The van der Waals surface area contributed by atoms with Crippen LogP contribution < -0.4 is 0 Å². The molecule has 2 fully saturated rings. The summed E-state index contributed by atoms with van der Waals surface area (Å²) in [7, 11) is 0. The average Bonchev–Trinajstić information content (AvgIpc) is 2.64. The second-order valence-corrected chi connectivity index (χ2v) is 3.30. The fourth-order valence-corrected chi connectivity index (χ4v) is 1.86. The van der Waals surface area contributed by atoms with Gasteiger partial charge in [0, 0.05) is 0 Å². The van der Waals surface area contributed by atoms with E-state index in [1.807, 2.05) is 0 Å². The van der Waals surface area contributed by atoms with Gasteiger partial charge >= 0.3 is 0 Å². The van der Waals surface area contributed by atoms with E-state index in [2.05, 4.69) is 6.92 Å². The summed E-state index contributed by atoms with van der Waals surface area (Å²) in [6.07, 6.45) is 6.82. The molecule has 1 aliphatic carbocycles. The van der Waals surface area contributed by atoms with E-state index in [0.717, 1.165) is 5.92 Å². The van der Waals surface area contributed by atoms with Crippen LogP contribution in [0.2, 0.25) is 0 Å². The topological polar surface area (TPSA) is 12.5 Å². The van der Waals surface area contributed by atoms with E-state index in [1.165, 1.54) is 25.7 Å². The highest BCUT2D eigenvalue weighted by Gasteiger charge is 2.43. The normalized spacial score (nSPS) is 48.3. The van der Waals surface area contributed by atoms with Gasteiger partial charge in [-0.1, -0.05) is 13.3 Å². The second kappa shape index (κ2) is 1.98. The minimum Gasteiger partial charge on any atom is -0.370 e.